The largest absolute Gasteiger partial charge is 0.481 e. The van der Waals surface area contributed by atoms with Crippen LogP contribution in [0.5, 0.6) is 0 Å². The van der Waals surface area contributed by atoms with Gasteiger partial charge >= 0.3 is 5.97 Å². The second-order valence-electron chi connectivity index (χ2n) is 5.86. The Morgan fingerprint density at radius 2 is 1.83 bits per heavy atom. The van der Waals surface area contributed by atoms with Crippen molar-refractivity contribution in [2.24, 2.45) is 17.1 Å². The minimum Gasteiger partial charge on any atom is -0.481 e. The number of carboxylic acids is 1. The molecule has 0 rings (SSSR count). The maximum Gasteiger partial charge on any atom is 0.303 e. The van der Waals surface area contributed by atoms with Gasteiger partial charge in [-0.25, -0.2) is 0 Å². The van der Waals surface area contributed by atoms with Gasteiger partial charge in [-0.05, 0) is 31.1 Å². The van der Waals surface area contributed by atoms with Gasteiger partial charge in [-0.2, -0.15) is 0 Å². The molecule has 0 radical (unpaired) electrons. The monoisotopic (exact) mass is 258 g/mol. The Morgan fingerprint density at radius 3 is 2.22 bits per heavy atom. The van der Waals surface area contributed by atoms with Crippen LogP contribution in [-0.2, 0) is 9.59 Å². The molecule has 1 unspecified atom stereocenters. The minimum absolute atomic E-state index is 0.0362. The Bertz CT molecular complexity index is 282. The Hall–Kier alpha value is -1.10. The first kappa shape index (κ1) is 16.9. The molecule has 106 valence electrons. The Morgan fingerprint density at radius 1 is 1.28 bits per heavy atom. The van der Waals surface area contributed by atoms with E-state index in [-0.39, 0.29) is 23.7 Å². The van der Waals surface area contributed by atoms with Crippen molar-refractivity contribution in [2.45, 2.75) is 53.0 Å². The number of aliphatic carboxylic acids is 1. The minimum atomic E-state index is -0.774. The third kappa shape index (κ3) is 7.27. The first-order valence-electron chi connectivity index (χ1n) is 6.39. The van der Waals surface area contributed by atoms with Gasteiger partial charge in [-0.15, -0.1) is 0 Å². The van der Waals surface area contributed by atoms with E-state index in [1.165, 1.54) is 0 Å². The molecule has 0 aromatic carbocycles. The third-order valence-electron chi connectivity index (χ3n) is 3.14. The summed E-state index contributed by atoms with van der Waals surface area (Å²) in [4.78, 5) is 21.9. The van der Waals surface area contributed by atoms with Crippen LogP contribution in [-0.4, -0.2) is 29.6 Å². The lowest BCUT2D eigenvalue weighted by molar-refractivity contribution is -0.137. The van der Waals surface area contributed by atoms with E-state index in [2.05, 4.69) is 26.1 Å². The Labute approximate surface area is 109 Å². The second-order valence-corrected chi connectivity index (χ2v) is 5.86. The SMILES string of the molecule is C[C@@H](N)C(=O)NCCC(CCC(=O)O)C(C)(C)C. The van der Waals surface area contributed by atoms with E-state index in [9.17, 15) is 9.59 Å². The number of nitrogens with one attached hydrogen (secondary N) is 1. The van der Waals surface area contributed by atoms with E-state index < -0.39 is 12.0 Å². The first-order chi connectivity index (χ1) is 8.14. The average molecular weight is 258 g/mol. The molecular weight excluding hydrogens is 232 g/mol. The van der Waals surface area contributed by atoms with Crippen molar-refractivity contribution < 1.29 is 14.7 Å². The smallest absolute Gasteiger partial charge is 0.303 e. The van der Waals surface area contributed by atoms with Gasteiger partial charge in [0.1, 0.15) is 0 Å². The first-order valence-corrected chi connectivity index (χ1v) is 6.39. The predicted molar refractivity (Wildman–Crippen MR) is 71.1 cm³/mol. The zero-order chi connectivity index (χ0) is 14.3. The molecule has 0 saturated heterocycles. The molecule has 0 aliphatic heterocycles. The average Bonchev–Trinajstić information content (AvgIpc) is 2.20. The van der Waals surface area contributed by atoms with Gasteiger partial charge in [-0.1, -0.05) is 20.8 Å². The fraction of sp³-hybridized carbons (Fsp3) is 0.846. The lowest BCUT2D eigenvalue weighted by Crippen LogP contribution is -2.39. The second kappa shape index (κ2) is 7.36. The molecule has 5 heteroatoms. The number of carbonyl (C=O) groups is 2. The fourth-order valence-corrected chi connectivity index (χ4v) is 1.84. The number of rotatable bonds is 7. The molecule has 0 spiro atoms. The Balaban J connectivity index is 4.18. The number of amides is 1. The van der Waals surface area contributed by atoms with Crippen molar-refractivity contribution in [1.29, 1.82) is 0 Å². The van der Waals surface area contributed by atoms with Crippen LogP contribution in [0.15, 0.2) is 0 Å². The van der Waals surface area contributed by atoms with Gasteiger partial charge in [0.05, 0.1) is 6.04 Å². The maximum atomic E-state index is 11.3. The van der Waals surface area contributed by atoms with E-state index in [1.54, 1.807) is 6.92 Å². The van der Waals surface area contributed by atoms with Gasteiger partial charge in [-0.3, -0.25) is 9.59 Å². The molecule has 0 heterocycles. The summed E-state index contributed by atoms with van der Waals surface area (Å²) in [6, 6.07) is -0.503. The van der Waals surface area contributed by atoms with E-state index >= 15 is 0 Å². The molecule has 1 amide bonds. The lowest BCUT2D eigenvalue weighted by Gasteiger charge is -2.30. The molecule has 18 heavy (non-hydrogen) atoms. The predicted octanol–water partition coefficient (Wildman–Crippen LogP) is 1.37. The van der Waals surface area contributed by atoms with Crippen LogP contribution >= 0.6 is 0 Å². The summed E-state index contributed by atoms with van der Waals surface area (Å²) in [7, 11) is 0. The van der Waals surface area contributed by atoms with Gasteiger partial charge < -0.3 is 16.2 Å². The molecule has 0 bridgehead atoms. The van der Waals surface area contributed by atoms with Gasteiger partial charge in [0.15, 0.2) is 0 Å². The molecule has 2 atom stereocenters. The summed E-state index contributed by atoms with van der Waals surface area (Å²) in [6.45, 7) is 8.45. The van der Waals surface area contributed by atoms with Crippen molar-refractivity contribution >= 4 is 11.9 Å². The van der Waals surface area contributed by atoms with Crippen LogP contribution in [0.2, 0.25) is 0 Å². The summed E-state index contributed by atoms with van der Waals surface area (Å²) in [6.07, 6.45) is 1.57. The van der Waals surface area contributed by atoms with E-state index in [4.69, 9.17) is 10.8 Å². The highest BCUT2D eigenvalue weighted by Gasteiger charge is 2.25. The van der Waals surface area contributed by atoms with Gasteiger partial charge in [0, 0.05) is 13.0 Å². The van der Waals surface area contributed by atoms with Crippen LogP contribution < -0.4 is 11.1 Å². The van der Waals surface area contributed by atoms with Crippen LogP contribution in [0.4, 0.5) is 0 Å². The van der Waals surface area contributed by atoms with Crippen LogP contribution in [0, 0.1) is 11.3 Å². The van der Waals surface area contributed by atoms with Crippen LogP contribution in [0.3, 0.4) is 0 Å². The molecule has 0 fully saturated rings. The molecule has 0 saturated carbocycles. The zero-order valence-corrected chi connectivity index (χ0v) is 11.8. The van der Waals surface area contributed by atoms with E-state index in [0.29, 0.717) is 13.0 Å². The number of carbonyl (C=O) groups excluding carboxylic acids is 1. The van der Waals surface area contributed by atoms with Crippen molar-refractivity contribution in [2.75, 3.05) is 6.54 Å². The molecule has 4 N–H and O–H groups in total. The topological polar surface area (TPSA) is 92.4 Å². The molecule has 0 aromatic rings. The summed E-state index contributed by atoms with van der Waals surface area (Å²) in [5.74, 6) is -0.674. The van der Waals surface area contributed by atoms with Crippen molar-refractivity contribution in [3.63, 3.8) is 0 Å². The summed E-state index contributed by atoms with van der Waals surface area (Å²) >= 11 is 0. The van der Waals surface area contributed by atoms with E-state index in [1.807, 2.05) is 0 Å². The number of hydrogen-bond acceptors (Lipinski definition) is 3. The normalized spacial score (nSPS) is 14.9. The van der Waals surface area contributed by atoms with Crippen LogP contribution in [0.25, 0.3) is 0 Å². The number of hydrogen-bond donors (Lipinski definition) is 3. The summed E-state index contributed by atoms with van der Waals surface area (Å²) in [5.41, 5.74) is 5.48. The molecule has 5 nitrogen and oxygen atoms in total. The summed E-state index contributed by atoms with van der Waals surface area (Å²) in [5, 5.41) is 11.5. The zero-order valence-electron chi connectivity index (χ0n) is 11.8. The molecule has 0 aliphatic rings. The number of nitrogens with two attached hydrogens (primary N) is 1. The Kier molecular flexibility index (Phi) is 6.91. The molecule has 0 aliphatic carbocycles. The molecular formula is C13H26N2O3. The third-order valence-corrected chi connectivity index (χ3v) is 3.14. The van der Waals surface area contributed by atoms with E-state index in [0.717, 1.165) is 6.42 Å². The highest BCUT2D eigenvalue weighted by molar-refractivity contribution is 5.80. The maximum absolute atomic E-state index is 11.3. The van der Waals surface area contributed by atoms with Crippen LogP contribution in [0.1, 0.15) is 47.0 Å². The highest BCUT2D eigenvalue weighted by Crippen LogP contribution is 2.32. The lowest BCUT2D eigenvalue weighted by atomic mass is 9.76. The standard InChI is InChI=1S/C13H26N2O3/c1-9(14)12(18)15-8-7-10(13(2,3)4)5-6-11(16)17/h9-10H,5-8,14H2,1-4H3,(H,15,18)(H,16,17)/t9-,10?/m1/s1. The van der Waals surface area contributed by atoms with Crippen molar-refractivity contribution in [1.82, 2.24) is 5.32 Å². The quantitative estimate of drug-likeness (QED) is 0.643. The molecule has 0 aromatic heterocycles. The highest BCUT2D eigenvalue weighted by atomic mass is 16.4. The summed E-state index contributed by atoms with van der Waals surface area (Å²) < 4.78 is 0. The van der Waals surface area contributed by atoms with Crippen molar-refractivity contribution in [3.8, 4) is 0 Å². The van der Waals surface area contributed by atoms with Gasteiger partial charge in [0.25, 0.3) is 0 Å². The van der Waals surface area contributed by atoms with Crippen molar-refractivity contribution in [3.05, 3.63) is 0 Å². The van der Waals surface area contributed by atoms with Gasteiger partial charge in [0.2, 0.25) is 5.91 Å². The number of carboxylic acid groups (broad SMARTS) is 1. The fourth-order valence-electron chi connectivity index (χ4n) is 1.84.